The number of aliphatic hydroxyl groups is 1. The zero-order valence-electron chi connectivity index (χ0n) is 19.2. The number of aryl methyl sites for hydroxylation is 2. The van der Waals surface area contributed by atoms with Crippen LogP contribution in [0.5, 0.6) is 5.75 Å². The lowest BCUT2D eigenvalue weighted by Gasteiger charge is -2.25. The maximum Gasteiger partial charge on any atom is 0.295 e. The van der Waals surface area contributed by atoms with E-state index in [-0.39, 0.29) is 17.9 Å². The second-order valence-electron chi connectivity index (χ2n) is 8.28. The van der Waals surface area contributed by atoms with Gasteiger partial charge in [-0.1, -0.05) is 48.6 Å². The molecule has 6 heteroatoms. The fraction of sp³-hybridized carbons (Fsp3) is 0.179. The summed E-state index contributed by atoms with van der Waals surface area (Å²) in [4.78, 5) is 31.9. The van der Waals surface area contributed by atoms with Gasteiger partial charge in [0.2, 0.25) is 0 Å². The van der Waals surface area contributed by atoms with Crippen molar-refractivity contribution in [3.8, 4) is 5.75 Å². The average Bonchev–Trinajstić information content (AvgIpc) is 3.09. The fourth-order valence-corrected chi connectivity index (χ4v) is 4.09. The molecular weight excluding hydrogens is 428 g/mol. The molecule has 1 amide bonds. The van der Waals surface area contributed by atoms with E-state index in [2.05, 4.69) is 11.6 Å². The number of nitrogens with zero attached hydrogens (tertiary/aromatic N) is 2. The predicted octanol–water partition coefficient (Wildman–Crippen LogP) is 4.89. The van der Waals surface area contributed by atoms with Crippen molar-refractivity contribution in [1.29, 1.82) is 0 Å². The fourth-order valence-electron chi connectivity index (χ4n) is 4.09. The normalized spacial score (nSPS) is 17.1. The Kier molecular flexibility index (Phi) is 6.59. The highest BCUT2D eigenvalue weighted by atomic mass is 16.5. The van der Waals surface area contributed by atoms with Crippen LogP contribution in [-0.4, -0.2) is 33.3 Å². The number of aliphatic hydroxyl groups excluding tert-OH is 1. The first-order valence-electron chi connectivity index (χ1n) is 11.0. The molecule has 1 N–H and O–H groups in total. The highest BCUT2D eigenvalue weighted by Gasteiger charge is 2.46. The number of hydrogen-bond donors (Lipinski definition) is 1. The van der Waals surface area contributed by atoms with Crippen LogP contribution < -0.4 is 4.74 Å². The Morgan fingerprint density at radius 3 is 2.56 bits per heavy atom. The number of pyridine rings is 1. The van der Waals surface area contributed by atoms with Gasteiger partial charge in [0.1, 0.15) is 18.1 Å². The van der Waals surface area contributed by atoms with Gasteiger partial charge in [-0.2, -0.15) is 0 Å². The summed E-state index contributed by atoms with van der Waals surface area (Å²) in [6.45, 7) is 8.03. The summed E-state index contributed by atoms with van der Waals surface area (Å²) in [6.07, 6.45) is 4.97. The predicted molar refractivity (Wildman–Crippen MR) is 130 cm³/mol. The number of carbonyl (C=O) groups excluding carboxylic acids is 2. The van der Waals surface area contributed by atoms with Crippen molar-refractivity contribution in [1.82, 2.24) is 9.88 Å². The Labute approximate surface area is 198 Å². The molecule has 34 heavy (non-hydrogen) atoms. The molecule has 0 bridgehead atoms. The number of ether oxygens (including phenoxy) is 1. The molecule has 0 spiro atoms. The molecule has 1 atom stereocenters. The minimum atomic E-state index is -0.724. The lowest BCUT2D eigenvalue weighted by Crippen LogP contribution is -2.29. The number of hydrogen-bond acceptors (Lipinski definition) is 5. The highest BCUT2D eigenvalue weighted by molar-refractivity contribution is 6.46. The minimum absolute atomic E-state index is 0.0666. The first-order valence-corrected chi connectivity index (χ1v) is 11.0. The van der Waals surface area contributed by atoms with Crippen LogP contribution in [0, 0.1) is 13.8 Å². The molecule has 2 aromatic carbocycles. The first kappa shape index (κ1) is 23.0. The summed E-state index contributed by atoms with van der Waals surface area (Å²) in [7, 11) is 0. The molecule has 1 saturated heterocycles. The summed E-state index contributed by atoms with van der Waals surface area (Å²) in [6, 6.07) is 15.7. The van der Waals surface area contributed by atoms with Crippen LogP contribution in [0.1, 0.15) is 33.9 Å². The number of benzene rings is 2. The van der Waals surface area contributed by atoms with Crippen LogP contribution in [0.4, 0.5) is 0 Å². The van der Waals surface area contributed by atoms with Crippen molar-refractivity contribution < 1.29 is 19.4 Å². The SMILES string of the molecule is C=CCOc1ccc(C(O)=C2C(=O)C(=O)N(Cc3cccnc3)[C@H]2c2ccc(C)cc2)cc1C. The van der Waals surface area contributed by atoms with Crippen molar-refractivity contribution in [2.75, 3.05) is 6.61 Å². The van der Waals surface area contributed by atoms with Crippen molar-refractivity contribution >= 4 is 17.4 Å². The van der Waals surface area contributed by atoms with Gasteiger partial charge in [-0.3, -0.25) is 14.6 Å². The van der Waals surface area contributed by atoms with Crippen LogP contribution in [0.3, 0.4) is 0 Å². The van der Waals surface area contributed by atoms with Crippen molar-refractivity contribution in [3.63, 3.8) is 0 Å². The van der Waals surface area contributed by atoms with Crippen molar-refractivity contribution in [2.24, 2.45) is 0 Å². The molecule has 1 aliphatic rings. The van der Waals surface area contributed by atoms with Gasteiger partial charge in [-0.15, -0.1) is 0 Å². The summed E-state index contributed by atoms with van der Waals surface area (Å²) in [5, 5.41) is 11.3. The van der Waals surface area contributed by atoms with Gasteiger partial charge in [0, 0.05) is 24.5 Å². The minimum Gasteiger partial charge on any atom is -0.507 e. The second-order valence-corrected chi connectivity index (χ2v) is 8.28. The zero-order valence-corrected chi connectivity index (χ0v) is 19.2. The molecule has 0 radical (unpaired) electrons. The maximum absolute atomic E-state index is 13.2. The lowest BCUT2D eigenvalue weighted by atomic mass is 9.94. The molecule has 2 heterocycles. The molecule has 6 nitrogen and oxygen atoms in total. The Morgan fingerprint density at radius 1 is 1.15 bits per heavy atom. The molecule has 0 unspecified atom stereocenters. The van der Waals surface area contributed by atoms with E-state index in [1.54, 1.807) is 42.7 Å². The third-order valence-electron chi connectivity index (χ3n) is 5.81. The van der Waals surface area contributed by atoms with Crippen LogP contribution in [0.15, 0.2) is 85.2 Å². The van der Waals surface area contributed by atoms with E-state index in [0.29, 0.717) is 17.9 Å². The van der Waals surface area contributed by atoms with E-state index in [0.717, 1.165) is 22.3 Å². The lowest BCUT2D eigenvalue weighted by molar-refractivity contribution is -0.140. The zero-order chi connectivity index (χ0) is 24.2. The molecule has 172 valence electrons. The van der Waals surface area contributed by atoms with Crippen molar-refractivity contribution in [3.05, 3.63) is 113 Å². The number of ketones is 1. The van der Waals surface area contributed by atoms with Crippen LogP contribution in [-0.2, 0) is 16.1 Å². The van der Waals surface area contributed by atoms with E-state index in [4.69, 9.17) is 4.74 Å². The maximum atomic E-state index is 13.2. The van der Waals surface area contributed by atoms with Gasteiger partial charge < -0.3 is 14.7 Å². The molecule has 1 aromatic heterocycles. The summed E-state index contributed by atoms with van der Waals surface area (Å²) in [5.74, 6) is -0.921. The third-order valence-corrected chi connectivity index (χ3v) is 5.81. The van der Waals surface area contributed by atoms with Crippen LogP contribution in [0.25, 0.3) is 5.76 Å². The van der Waals surface area contributed by atoms with Crippen LogP contribution in [0.2, 0.25) is 0 Å². The summed E-state index contributed by atoms with van der Waals surface area (Å²) in [5.41, 5.74) is 3.90. The number of amides is 1. The van der Waals surface area contributed by atoms with E-state index < -0.39 is 17.7 Å². The van der Waals surface area contributed by atoms with E-state index >= 15 is 0 Å². The van der Waals surface area contributed by atoms with Gasteiger partial charge in [-0.25, -0.2) is 0 Å². The van der Waals surface area contributed by atoms with Gasteiger partial charge in [0.25, 0.3) is 11.7 Å². The number of rotatable bonds is 7. The largest absolute Gasteiger partial charge is 0.507 e. The molecule has 0 saturated carbocycles. The van der Waals surface area contributed by atoms with Gasteiger partial charge in [0.15, 0.2) is 0 Å². The van der Waals surface area contributed by atoms with Gasteiger partial charge in [-0.05, 0) is 54.8 Å². The Hall–Kier alpha value is -4.19. The monoisotopic (exact) mass is 454 g/mol. The number of likely N-dealkylation sites (tertiary alicyclic amines) is 1. The number of Topliss-reactive ketones (excluding diaryl/α,β-unsaturated/α-hetero) is 1. The third kappa shape index (κ3) is 4.48. The topological polar surface area (TPSA) is 79.7 Å². The molecule has 4 rings (SSSR count). The van der Waals surface area contributed by atoms with E-state index in [1.807, 2.05) is 44.2 Å². The standard InChI is InChI=1S/C28H26N2O4/c1-4-14-34-23-12-11-22(15-19(23)3)26(31)24-25(21-9-7-18(2)8-10-21)30(28(33)27(24)32)17-20-6-5-13-29-16-20/h4-13,15-16,25,31H,1,14,17H2,2-3H3/t25-/m0/s1. The molecule has 1 fully saturated rings. The summed E-state index contributed by atoms with van der Waals surface area (Å²) < 4.78 is 5.62. The van der Waals surface area contributed by atoms with Gasteiger partial charge in [0.05, 0.1) is 11.6 Å². The average molecular weight is 455 g/mol. The number of aromatic nitrogens is 1. The molecule has 3 aromatic rings. The van der Waals surface area contributed by atoms with E-state index in [9.17, 15) is 14.7 Å². The smallest absolute Gasteiger partial charge is 0.295 e. The number of carbonyl (C=O) groups is 2. The highest BCUT2D eigenvalue weighted by Crippen LogP contribution is 2.40. The molecule has 0 aliphatic carbocycles. The Bertz CT molecular complexity index is 1260. The second kappa shape index (κ2) is 9.75. The van der Waals surface area contributed by atoms with Gasteiger partial charge >= 0.3 is 0 Å². The quantitative estimate of drug-likeness (QED) is 0.238. The molecule has 1 aliphatic heterocycles. The summed E-state index contributed by atoms with van der Waals surface area (Å²) >= 11 is 0. The van der Waals surface area contributed by atoms with E-state index in [1.165, 1.54) is 4.90 Å². The Balaban J connectivity index is 1.81. The Morgan fingerprint density at radius 2 is 1.91 bits per heavy atom. The van der Waals surface area contributed by atoms with Crippen molar-refractivity contribution in [2.45, 2.75) is 26.4 Å². The van der Waals surface area contributed by atoms with Crippen LogP contribution >= 0.6 is 0 Å². The molecular formula is C28H26N2O4. The first-order chi connectivity index (χ1) is 16.4.